The highest BCUT2D eigenvalue weighted by atomic mass is 16.2. The molecule has 2 saturated heterocycles. The molecule has 0 radical (unpaired) electrons. The number of carbonyl (C=O) groups excluding carboxylic acids is 2. The molecule has 4 nitrogen and oxygen atoms in total. The highest BCUT2D eigenvalue weighted by molar-refractivity contribution is 6.05. The molecule has 2 heterocycles. The van der Waals surface area contributed by atoms with Gasteiger partial charge in [0.2, 0.25) is 5.91 Å². The molecule has 0 bridgehead atoms. The predicted molar refractivity (Wildman–Crippen MR) is 66.7 cm³/mol. The Morgan fingerprint density at radius 2 is 2.00 bits per heavy atom. The molecule has 18 heavy (non-hydrogen) atoms. The Morgan fingerprint density at radius 3 is 2.72 bits per heavy atom. The van der Waals surface area contributed by atoms with Gasteiger partial charge in [0.1, 0.15) is 5.54 Å². The van der Waals surface area contributed by atoms with E-state index >= 15 is 0 Å². The van der Waals surface area contributed by atoms with Gasteiger partial charge in [-0.3, -0.25) is 19.8 Å². The zero-order valence-corrected chi connectivity index (χ0v) is 10.3. The second-order valence-corrected chi connectivity index (χ2v) is 5.11. The van der Waals surface area contributed by atoms with E-state index in [9.17, 15) is 9.59 Å². The van der Waals surface area contributed by atoms with E-state index in [2.05, 4.69) is 5.32 Å². The minimum absolute atomic E-state index is 0.147. The summed E-state index contributed by atoms with van der Waals surface area (Å²) < 4.78 is 0. The molecule has 0 spiro atoms. The van der Waals surface area contributed by atoms with Crippen LogP contribution >= 0.6 is 0 Å². The van der Waals surface area contributed by atoms with Crippen molar-refractivity contribution in [2.24, 2.45) is 0 Å². The van der Waals surface area contributed by atoms with Crippen LogP contribution in [-0.2, 0) is 15.1 Å². The van der Waals surface area contributed by atoms with Crippen LogP contribution in [0.25, 0.3) is 0 Å². The van der Waals surface area contributed by atoms with Crippen LogP contribution in [0.5, 0.6) is 0 Å². The molecule has 2 fully saturated rings. The summed E-state index contributed by atoms with van der Waals surface area (Å²) in [4.78, 5) is 26.2. The topological polar surface area (TPSA) is 49.4 Å². The summed E-state index contributed by atoms with van der Waals surface area (Å²) in [5.41, 5.74) is 0.220. The van der Waals surface area contributed by atoms with Gasteiger partial charge in [0, 0.05) is 6.54 Å². The van der Waals surface area contributed by atoms with Gasteiger partial charge in [-0.2, -0.15) is 0 Å². The third-order valence-corrected chi connectivity index (χ3v) is 4.14. The number of hydrogen-bond acceptors (Lipinski definition) is 3. The van der Waals surface area contributed by atoms with E-state index in [1.54, 1.807) is 0 Å². The number of hydrogen-bond donors (Lipinski definition) is 1. The Morgan fingerprint density at radius 1 is 1.28 bits per heavy atom. The van der Waals surface area contributed by atoms with Gasteiger partial charge in [-0.05, 0) is 25.3 Å². The van der Waals surface area contributed by atoms with Crippen LogP contribution in [0.4, 0.5) is 0 Å². The number of nitrogens with zero attached hydrogens (tertiary/aromatic N) is 1. The second kappa shape index (κ2) is 3.92. The number of piperazine rings is 1. The lowest BCUT2D eigenvalue weighted by Crippen LogP contribution is -2.65. The first-order valence-electron chi connectivity index (χ1n) is 6.31. The minimum atomic E-state index is -0.726. The van der Waals surface area contributed by atoms with Gasteiger partial charge < -0.3 is 0 Å². The van der Waals surface area contributed by atoms with Crippen LogP contribution in [0, 0.1) is 0 Å². The zero-order chi connectivity index (χ0) is 12.8. The van der Waals surface area contributed by atoms with Crippen LogP contribution in [0.3, 0.4) is 0 Å². The fourth-order valence-electron chi connectivity index (χ4n) is 3.08. The fraction of sp³-hybridized carbons (Fsp3) is 0.429. The van der Waals surface area contributed by atoms with Crippen LogP contribution < -0.4 is 5.32 Å². The van der Waals surface area contributed by atoms with Crippen molar-refractivity contribution in [1.29, 1.82) is 0 Å². The van der Waals surface area contributed by atoms with Crippen molar-refractivity contribution >= 4 is 11.8 Å². The number of fused-ring (bicyclic) bond motifs is 1. The molecule has 4 heteroatoms. The Balaban J connectivity index is 2.08. The molecule has 2 atom stereocenters. The van der Waals surface area contributed by atoms with E-state index in [0.29, 0.717) is 0 Å². The average molecular weight is 244 g/mol. The molecule has 0 aromatic heterocycles. The van der Waals surface area contributed by atoms with Gasteiger partial charge in [-0.25, -0.2) is 0 Å². The van der Waals surface area contributed by atoms with E-state index in [1.165, 1.54) is 0 Å². The minimum Gasteiger partial charge on any atom is -0.293 e. The van der Waals surface area contributed by atoms with Crippen molar-refractivity contribution in [3.63, 3.8) is 0 Å². The third kappa shape index (κ3) is 1.42. The number of rotatable bonds is 1. The first-order valence-corrected chi connectivity index (χ1v) is 6.31. The monoisotopic (exact) mass is 244 g/mol. The van der Waals surface area contributed by atoms with Crippen molar-refractivity contribution < 1.29 is 9.59 Å². The van der Waals surface area contributed by atoms with E-state index in [1.807, 2.05) is 42.2 Å². The lowest BCUT2D eigenvalue weighted by atomic mass is 9.86. The standard InChI is InChI=1S/C14H16N2O2/c1-14(10-6-3-2-4-7-10)13(18)15-12(17)11-8-5-9-16(11)14/h2-4,6-7,11H,5,8-9H2,1H3,(H,15,17,18)/t11-,14-/m0/s1. The largest absolute Gasteiger partial charge is 0.293 e. The molecule has 0 saturated carbocycles. The van der Waals surface area contributed by atoms with E-state index in [0.717, 1.165) is 24.9 Å². The van der Waals surface area contributed by atoms with Crippen molar-refractivity contribution in [2.75, 3.05) is 6.54 Å². The molecule has 2 aliphatic heterocycles. The number of nitrogens with one attached hydrogen (secondary N) is 1. The summed E-state index contributed by atoms with van der Waals surface area (Å²) in [5.74, 6) is -0.359. The Labute approximate surface area is 106 Å². The maximum Gasteiger partial charge on any atom is 0.251 e. The van der Waals surface area contributed by atoms with Crippen molar-refractivity contribution in [3.05, 3.63) is 35.9 Å². The van der Waals surface area contributed by atoms with Gasteiger partial charge in [0.25, 0.3) is 5.91 Å². The maximum atomic E-state index is 12.3. The SMILES string of the molecule is C[C@]1(c2ccccc2)C(=O)NC(=O)[C@@H]2CCCN21. The Bertz CT molecular complexity index is 500. The lowest BCUT2D eigenvalue weighted by molar-refractivity contribution is -0.149. The van der Waals surface area contributed by atoms with Gasteiger partial charge in [-0.15, -0.1) is 0 Å². The van der Waals surface area contributed by atoms with E-state index in [4.69, 9.17) is 0 Å². The maximum absolute atomic E-state index is 12.3. The molecule has 2 aliphatic rings. The molecular formula is C14H16N2O2. The number of imide groups is 1. The molecule has 0 aliphatic carbocycles. The predicted octanol–water partition coefficient (Wildman–Crippen LogP) is 1.02. The van der Waals surface area contributed by atoms with Crippen LogP contribution in [0.2, 0.25) is 0 Å². The fourth-order valence-corrected chi connectivity index (χ4v) is 3.08. The van der Waals surface area contributed by atoms with Crippen molar-refractivity contribution in [3.8, 4) is 0 Å². The van der Waals surface area contributed by atoms with Crippen LogP contribution in [-0.4, -0.2) is 29.3 Å². The number of benzene rings is 1. The molecule has 2 amide bonds. The number of carbonyl (C=O) groups is 2. The molecule has 1 aromatic rings. The summed E-state index contributed by atoms with van der Waals surface area (Å²) in [6.45, 7) is 2.71. The van der Waals surface area contributed by atoms with Gasteiger partial charge in [0.05, 0.1) is 6.04 Å². The molecule has 1 N–H and O–H groups in total. The van der Waals surface area contributed by atoms with Crippen LogP contribution in [0.1, 0.15) is 25.3 Å². The number of amides is 2. The second-order valence-electron chi connectivity index (χ2n) is 5.11. The molecule has 1 aromatic carbocycles. The van der Waals surface area contributed by atoms with E-state index < -0.39 is 5.54 Å². The van der Waals surface area contributed by atoms with Gasteiger partial charge in [-0.1, -0.05) is 30.3 Å². The zero-order valence-electron chi connectivity index (χ0n) is 10.3. The van der Waals surface area contributed by atoms with Crippen molar-refractivity contribution in [1.82, 2.24) is 10.2 Å². The van der Waals surface area contributed by atoms with Gasteiger partial charge in [0.15, 0.2) is 0 Å². The van der Waals surface area contributed by atoms with Crippen molar-refractivity contribution in [2.45, 2.75) is 31.3 Å². The normalized spacial score (nSPS) is 32.2. The van der Waals surface area contributed by atoms with Gasteiger partial charge >= 0.3 is 0 Å². The summed E-state index contributed by atoms with van der Waals surface area (Å²) in [5, 5.41) is 2.52. The average Bonchev–Trinajstić information content (AvgIpc) is 2.87. The summed E-state index contributed by atoms with van der Waals surface area (Å²) >= 11 is 0. The first-order chi connectivity index (χ1) is 8.64. The smallest absolute Gasteiger partial charge is 0.251 e. The van der Waals surface area contributed by atoms with E-state index in [-0.39, 0.29) is 17.9 Å². The highest BCUT2D eigenvalue weighted by Crippen LogP contribution is 2.37. The third-order valence-electron chi connectivity index (χ3n) is 4.14. The highest BCUT2D eigenvalue weighted by Gasteiger charge is 2.52. The lowest BCUT2D eigenvalue weighted by Gasteiger charge is -2.44. The molecular weight excluding hydrogens is 228 g/mol. The summed E-state index contributed by atoms with van der Waals surface area (Å²) in [7, 11) is 0. The Hall–Kier alpha value is -1.68. The summed E-state index contributed by atoms with van der Waals surface area (Å²) in [6, 6.07) is 9.52. The Kier molecular flexibility index (Phi) is 2.48. The quantitative estimate of drug-likeness (QED) is 0.750. The first kappa shape index (κ1) is 11.4. The molecule has 94 valence electrons. The molecule has 0 unspecified atom stereocenters. The molecule has 3 rings (SSSR count). The summed E-state index contributed by atoms with van der Waals surface area (Å²) in [6.07, 6.45) is 1.80. The van der Waals surface area contributed by atoms with Crippen LogP contribution in [0.15, 0.2) is 30.3 Å².